The van der Waals surface area contributed by atoms with Crippen LogP contribution in [-0.2, 0) is 4.79 Å². The van der Waals surface area contributed by atoms with E-state index in [9.17, 15) is 9.18 Å². The zero-order chi connectivity index (χ0) is 22.8. The van der Waals surface area contributed by atoms with Gasteiger partial charge in [0.1, 0.15) is 17.9 Å². The Bertz CT molecular complexity index is 1270. The third-order valence-corrected chi connectivity index (χ3v) is 5.60. The van der Waals surface area contributed by atoms with Crippen molar-refractivity contribution < 1.29 is 13.9 Å². The maximum atomic E-state index is 13.3. The summed E-state index contributed by atoms with van der Waals surface area (Å²) in [6.45, 7) is 4.31. The second kappa shape index (κ2) is 8.81. The molecule has 2 aromatic carbocycles. The number of anilines is 1. The van der Waals surface area contributed by atoms with Crippen molar-refractivity contribution in [1.82, 2.24) is 29.9 Å². The molecule has 0 atom stereocenters. The number of rotatable bonds is 5. The maximum absolute atomic E-state index is 13.3. The Labute approximate surface area is 189 Å². The van der Waals surface area contributed by atoms with Crippen LogP contribution in [-0.4, -0.2) is 68.6 Å². The molecule has 0 saturated carbocycles. The van der Waals surface area contributed by atoms with Gasteiger partial charge in [-0.15, -0.1) is 5.10 Å². The first-order valence-electron chi connectivity index (χ1n) is 10.6. The zero-order valence-corrected chi connectivity index (χ0v) is 18.1. The Morgan fingerprint density at radius 2 is 1.73 bits per heavy atom. The number of hydrogen-bond acceptors (Lipinski definition) is 7. The van der Waals surface area contributed by atoms with Crippen LogP contribution in [0.4, 0.5) is 10.2 Å². The van der Waals surface area contributed by atoms with Crippen LogP contribution in [0.3, 0.4) is 0 Å². The van der Waals surface area contributed by atoms with E-state index < -0.39 is 0 Å². The van der Waals surface area contributed by atoms with E-state index in [0.29, 0.717) is 54.6 Å². The van der Waals surface area contributed by atoms with Crippen LogP contribution in [0.5, 0.6) is 5.75 Å². The van der Waals surface area contributed by atoms with Gasteiger partial charge in [0.25, 0.3) is 5.91 Å². The normalized spacial score (nSPS) is 14.0. The van der Waals surface area contributed by atoms with Gasteiger partial charge in [0.2, 0.25) is 0 Å². The fourth-order valence-electron chi connectivity index (χ4n) is 3.76. The van der Waals surface area contributed by atoms with Crippen molar-refractivity contribution in [2.75, 3.05) is 37.7 Å². The van der Waals surface area contributed by atoms with Gasteiger partial charge in [-0.3, -0.25) is 4.79 Å². The van der Waals surface area contributed by atoms with Crippen molar-refractivity contribution in [3.8, 4) is 11.4 Å². The highest BCUT2D eigenvalue weighted by atomic mass is 19.1. The second-order valence-electron chi connectivity index (χ2n) is 7.82. The van der Waals surface area contributed by atoms with Crippen LogP contribution in [0, 0.1) is 12.7 Å². The SMILES string of the molecule is Cc1ccc(OCC(=O)N2CCN(c3ncnc4c3nnn4-c3ccc(F)cc3)CC2)cc1. The Morgan fingerprint density at radius 1 is 1.00 bits per heavy atom. The quantitative estimate of drug-likeness (QED) is 0.464. The molecule has 1 saturated heterocycles. The second-order valence-corrected chi connectivity index (χ2v) is 7.82. The molecule has 0 N–H and O–H groups in total. The van der Waals surface area contributed by atoms with Crippen molar-refractivity contribution in [2.45, 2.75) is 6.92 Å². The molecule has 168 valence electrons. The van der Waals surface area contributed by atoms with E-state index in [-0.39, 0.29) is 18.3 Å². The maximum Gasteiger partial charge on any atom is 0.260 e. The molecule has 10 heteroatoms. The number of ether oxygens (including phenoxy) is 1. The fraction of sp³-hybridized carbons (Fsp3) is 0.261. The van der Waals surface area contributed by atoms with E-state index in [1.807, 2.05) is 31.2 Å². The number of aromatic nitrogens is 5. The van der Waals surface area contributed by atoms with Gasteiger partial charge >= 0.3 is 0 Å². The predicted molar refractivity (Wildman–Crippen MR) is 120 cm³/mol. The highest BCUT2D eigenvalue weighted by Crippen LogP contribution is 2.23. The summed E-state index contributed by atoms with van der Waals surface area (Å²) in [7, 11) is 0. The standard InChI is InChI=1S/C23H22FN7O2/c1-16-2-8-19(9-3-16)33-14-20(32)29-10-12-30(13-11-29)22-21-23(26-15-25-22)31(28-27-21)18-6-4-17(24)5-7-18/h2-9,15H,10-14H2,1H3. The van der Waals surface area contributed by atoms with Crippen molar-refractivity contribution in [3.05, 3.63) is 66.2 Å². The molecule has 0 bridgehead atoms. The molecular formula is C23H22FN7O2. The molecule has 3 heterocycles. The number of piperazine rings is 1. The van der Waals surface area contributed by atoms with Gasteiger partial charge in [-0.1, -0.05) is 22.9 Å². The number of hydrogen-bond donors (Lipinski definition) is 0. The number of amides is 1. The lowest BCUT2D eigenvalue weighted by molar-refractivity contribution is -0.133. The molecule has 1 amide bonds. The number of nitrogens with zero attached hydrogens (tertiary/aromatic N) is 7. The molecular weight excluding hydrogens is 425 g/mol. The first-order valence-corrected chi connectivity index (χ1v) is 10.6. The van der Waals surface area contributed by atoms with Crippen molar-refractivity contribution >= 4 is 22.9 Å². The van der Waals surface area contributed by atoms with Crippen LogP contribution in [0.15, 0.2) is 54.9 Å². The number of aryl methyl sites for hydroxylation is 1. The van der Waals surface area contributed by atoms with Crippen molar-refractivity contribution in [1.29, 1.82) is 0 Å². The molecule has 0 unspecified atom stereocenters. The van der Waals surface area contributed by atoms with Gasteiger partial charge in [-0.05, 0) is 43.3 Å². The number of benzene rings is 2. The Hall–Kier alpha value is -4.08. The summed E-state index contributed by atoms with van der Waals surface area (Å²) in [5.74, 6) is 0.969. The Kier molecular flexibility index (Phi) is 5.55. The summed E-state index contributed by atoms with van der Waals surface area (Å²) in [6.07, 6.45) is 1.47. The van der Waals surface area contributed by atoms with Crippen LogP contribution in [0.2, 0.25) is 0 Å². The first-order chi connectivity index (χ1) is 16.1. The van der Waals surface area contributed by atoms with Gasteiger partial charge in [0, 0.05) is 26.2 Å². The van der Waals surface area contributed by atoms with Gasteiger partial charge in [0.15, 0.2) is 23.6 Å². The number of carbonyl (C=O) groups is 1. The molecule has 1 fully saturated rings. The van der Waals surface area contributed by atoms with Gasteiger partial charge in [-0.25, -0.2) is 14.4 Å². The Morgan fingerprint density at radius 3 is 2.45 bits per heavy atom. The number of fused-ring (bicyclic) bond motifs is 1. The molecule has 0 aliphatic carbocycles. The van der Waals surface area contributed by atoms with E-state index >= 15 is 0 Å². The van der Waals surface area contributed by atoms with Crippen LogP contribution >= 0.6 is 0 Å². The van der Waals surface area contributed by atoms with Crippen LogP contribution in [0.25, 0.3) is 16.9 Å². The smallest absolute Gasteiger partial charge is 0.260 e. The lowest BCUT2D eigenvalue weighted by Crippen LogP contribution is -2.50. The summed E-state index contributed by atoms with van der Waals surface area (Å²) in [6, 6.07) is 13.6. The summed E-state index contributed by atoms with van der Waals surface area (Å²) >= 11 is 0. The van der Waals surface area contributed by atoms with Gasteiger partial charge in [-0.2, -0.15) is 4.68 Å². The Balaban J connectivity index is 1.25. The largest absolute Gasteiger partial charge is 0.484 e. The van der Waals surface area contributed by atoms with E-state index in [0.717, 1.165) is 5.56 Å². The molecule has 4 aromatic rings. The third-order valence-electron chi connectivity index (χ3n) is 5.60. The molecule has 1 aliphatic heterocycles. The minimum Gasteiger partial charge on any atom is -0.484 e. The summed E-state index contributed by atoms with van der Waals surface area (Å²) in [5, 5.41) is 8.45. The van der Waals surface area contributed by atoms with Crippen molar-refractivity contribution in [3.63, 3.8) is 0 Å². The number of halogens is 1. The highest BCUT2D eigenvalue weighted by Gasteiger charge is 2.25. The highest BCUT2D eigenvalue weighted by molar-refractivity contribution is 5.84. The van der Waals surface area contributed by atoms with E-state index in [1.165, 1.54) is 18.5 Å². The average Bonchev–Trinajstić information content (AvgIpc) is 3.28. The minimum absolute atomic E-state index is 0.00676. The lowest BCUT2D eigenvalue weighted by Gasteiger charge is -2.35. The van der Waals surface area contributed by atoms with Crippen LogP contribution in [0.1, 0.15) is 5.56 Å². The third kappa shape index (κ3) is 4.32. The number of carbonyl (C=O) groups excluding carboxylic acids is 1. The molecule has 9 nitrogen and oxygen atoms in total. The van der Waals surface area contributed by atoms with Gasteiger partial charge in [0.05, 0.1) is 5.69 Å². The molecule has 0 spiro atoms. The van der Waals surface area contributed by atoms with Gasteiger partial charge < -0.3 is 14.5 Å². The molecule has 1 aliphatic rings. The predicted octanol–water partition coefficient (Wildman–Crippen LogP) is 2.39. The molecule has 2 aromatic heterocycles. The molecule has 33 heavy (non-hydrogen) atoms. The average molecular weight is 447 g/mol. The first kappa shape index (κ1) is 20.8. The van der Waals surface area contributed by atoms with Crippen LogP contribution < -0.4 is 9.64 Å². The zero-order valence-electron chi connectivity index (χ0n) is 18.1. The summed E-state index contributed by atoms with van der Waals surface area (Å²) in [5.41, 5.74) is 2.90. The van der Waals surface area contributed by atoms with E-state index in [2.05, 4.69) is 25.2 Å². The summed E-state index contributed by atoms with van der Waals surface area (Å²) in [4.78, 5) is 25.2. The minimum atomic E-state index is -0.324. The lowest BCUT2D eigenvalue weighted by atomic mass is 10.2. The summed E-state index contributed by atoms with van der Waals surface area (Å²) < 4.78 is 20.5. The monoisotopic (exact) mass is 447 g/mol. The molecule has 0 radical (unpaired) electrons. The topological polar surface area (TPSA) is 89.3 Å². The van der Waals surface area contributed by atoms with E-state index in [1.54, 1.807) is 21.7 Å². The fourth-order valence-corrected chi connectivity index (χ4v) is 3.76. The molecule has 5 rings (SSSR count). The van der Waals surface area contributed by atoms with E-state index in [4.69, 9.17) is 4.74 Å². The van der Waals surface area contributed by atoms with Crippen molar-refractivity contribution in [2.24, 2.45) is 0 Å².